The van der Waals surface area contributed by atoms with Gasteiger partial charge < -0.3 is 40.5 Å². The lowest BCUT2D eigenvalue weighted by atomic mass is 9.45. The van der Waals surface area contributed by atoms with Gasteiger partial charge in [-0.1, -0.05) is 69.3 Å². The van der Waals surface area contributed by atoms with Crippen molar-refractivity contribution in [3.63, 3.8) is 0 Å². The molecule has 0 aromatic heterocycles. The molecule has 63 heavy (non-hydrogen) atoms. The number of amides is 2. The Bertz CT molecular complexity index is 2170. The van der Waals surface area contributed by atoms with Crippen LogP contribution in [-0.2, 0) is 26.2 Å². The van der Waals surface area contributed by atoms with Crippen molar-refractivity contribution in [1.29, 1.82) is 0 Å². The summed E-state index contributed by atoms with van der Waals surface area (Å²) in [6, 6.07) is 17.6. The lowest BCUT2D eigenvalue weighted by Gasteiger charge is -2.62. The van der Waals surface area contributed by atoms with E-state index in [1.54, 1.807) is 31.2 Å². The molecule has 3 aromatic rings. The summed E-state index contributed by atoms with van der Waals surface area (Å²) < 4.78 is 34.2. The maximum absolute atomic E-state index is 14.5. The van der Waals surface area contributed by atoms with Crippen LogP contribution >= 0.6 is 0 Å². The molecule has 0 unspecified atom stereocenters. The molecule has 0 spiro atoms. The smallest absolute Gasteiger partial charge is 0.251 e. The number of para-hydroxylation sites is 1. The number of ether oxygens (including phenoxy) is 1. The number of nitrogens with one attached hydrogen (secondary N) is 3. The SMILES string of the molecule is COc1c(CN2O[C@@H](CO)[C@@H]([C@H](C)O)[C@H]2C(=O)N[C@H]2C[C@H]3C[C@@H]([C@@H]2C)C3(C)C)cccc1-c1cc(C(=O)N[C@H](CN(C)C)[C@@H](NS(C)(=O)=O)c2ccccc2)cc(N(C)CCO)c1. The number of aliphatic hydroxyl groups excluding tert-OH is 3. The highest BCUT2D eigenvalue weighted by Crippen LogP contribution is 2.61. The van der Waals surface area contributed by atoms with Gasteiger partial charge in [0.05, 0.1) is 51.3 Å². The third-order valence-electron chi connectivity index (χ3n) is 13.8. The highest BCUT2D eigenvalue weighted by Gasteiger charge is 2.57. The van der Waals surface area contributed by atoms with E-state index in [0.29, 0.717) is 52.1 Å². The first kappa shape index (κ1) is 48.3. The molecule has 2 bridgehead atoms. The van der Waals surface area contributed by atoms with E-state index in [9.17, 15) is 33.3 Å². The van der Waals surface area contributed by atoms with E-state index in [4.69, 9.17) is 9.57 Å². The number of anilines is 1. The molecule has 1 heterocycles. The number of likely N-dealkylation sites (N-methyl/N-ethyl adjacent to an activating group) is 2. The van der Waals surface area contributed by atoms with E-state index in [1.165, 1.54) is 6.42 Å². The summed E-state index contributed by atoms with van der Waals surface area (Å²) in [5, 5.41) is 39.4. The largest absolute Gasteiger partial charge is 0.496 e. The second-order valence-electron chi connectivity index (χ2n) is 18.8. The number of nitrogens with zero attached hydrogens (tertiary/aromatic N) is 3. The van der Waals surface area contributed by atoms with Crippen molar-refractivity contribution in [2.75, 3.05) is 65.7 Å². The summed E-state index contributed by atoms with van der Waals surface area (Å²) >= 11 is 0. The molecule has 7 rings (SSSR count). The van der Waals surface area contributed by atoms with Crippen LogP contribution in [0.1, 0.15) is 68.1 Å². The Balaban J connectivity index is 1.34. The van der Waals surface area contributed by atoms with Crippen LogP contribution in [0.15, 0.2) is 66.7 Å². The van der Waals surface area contributed by atoms with Crippen LogP contribution in [0, 0.1) is 29.1 Å². The van der Waals surface area contributed by atoms with Crippen LogP contribution in [0.5, 0.6) is 5.75 Å². The molecule has 4 fully saturated rings. The minimum atomic E-state index is -3.70. The molecule has 3 aromatic carbocycles. The standard InChI is InChI=1S/C47H68N6O9S/c1-28-37-23-34(47(37,3)4)24-38(28)48-46(58)43-41(29(2)56)40(27-55)62-53(43)25-31-16-13-17-36(44(31)61-8)32-20-33(22-35(21-32)52(7)18-19-54)45(57)49-39(26-51(5)6)42(50-63(9,59)60)30-14-11-10-12-15-30/h10-17,20-22,28-29,34,37-43,50,54-56H,18-19,23-27H2,1-9H3,(H,48,58)(H,49,57)/t28-,29-,34+,37-,38-,39+,40-,41+,42-,43-/m0/s1. The Morgan fingerprint density at radius 3 is 2.33 bits per heavy atom. The third kappa shape index (κ3) is 10.7. The monoisotopic (exact) mass is 892 g/mol. The fraction of sp³-hybridized carbons (Fsp3) is 0.574. The molecule has 0 radical (unpaired) electrons. The summed E-state index contributed by atoms with van der Waals surface area (Å²) in [5.74, 6) is 0.378. The van der Waals surface area contributed by atoms with Crippen LogP contribution in [0.4, 0.5) is 5.69 Å². The van der Waals surface area contributed by atoms with Crippen molar-refractivity contribution < 1.29 is 42.9 Å². The van der Waals surface area contributed by atoms with Crippen molar-refractivity contribution >= 4 is 27.5 Å². The summed E-state index contributed by atoms with van der Waals surface area (Å²) in [6.45, 7) is 8.59. The second kappa shape index (κ2) is 19.9. The van der Waals surface area contributed by atoms with Gasteiger partial charge in [0.25, 0.3) is 5.91 Å². The van der Waals surface area contributed by atoms with Crippen LogP contribution in [0.3, 0.4) is 0 Å². The predicted octanol–water partition coefficient (Wildman–Crippen LogP) is 3.40. The van der Waals surface area contributed by atoms with Crippen molar-refractivity contribution in [2.45, 2.75) is 83.5 Å². The Morgan fingerprint density at radius 2 is 1.75 bits per heavy atom. The molecule has 3 aliphatic carbocycles. The average molecular weight is 893 g/mol. The van der Waals surface area contributed by atoms with Crippen molar-refractivity contribution in [2.24, 2.45) is 29.1 Å². The average Bonchev–Trinajstić information content (AvgIpc) is 3.61. The number of fused-ring (bicyclic) bond motifs is 2. The summed E-state index contributed by atoms with van der Waals surface area (Å²) in [7, 11) is 3.35. The molecule has 16 heteroatoms. The first-order chi connectivity index (χ1) is 29.8. The van der Waals surface area contributed by atoms with Crippen molar-refractivity contribution in [3.8, 4) is 16.9 Å². The molecule has 3 saturated carbocycles. The van der Waals surface area contributed by atoms with Crippen LogP contribution in [0.25, 0.3) is 11.1 Å². The zero-order chi connectivity index (χ0) is 46.0. The lowest BCUT2D eigenvalue weighted by molar-refractivity contribution is -0.183. The van der Waals surface area contributed by atoms with E-state index in [2.05, 4.69) is 36.1 Å². The second-order valence-corrected chi connectivity index (χ2v) is 20.5. The van der Waals surface area contributed by atoms with Crippen molar-refractivity contribution in [3.05, 3.63) is 83.4 Å². The number of benzene rings is 3. The fourth-order valence-corrected chi connectivity index (χ4v) is 11.1. The Labute approximate surface area is 373 Å². The third-order valence-corrected chi connectivity index (χ3v) is 14.5. The number of hydrogen-bond acceptors (Lipinski definition) is 12. The van der Waals surface area contributed by atoms with Gasteiger partial charge in [0.2, 0.25) is 15.9 Å². The van der Waals surface area contributed by atoms with Gasteiger partial charge in [-0.2, -0.15) is 5.06 Å². The number of rotatable bonds is 19. The van der Waals surface area contributed by atoms with Crippen LogP contribution in [0.2, 0.25) is 0 Å². The van der Waals surface area contributed by atoms with E-state index < -0.39 is 58.8 Å². The highest BCUT2D eigenvalue weighted by atomic mass is 32.2. The fourth-order valence-electron chi connectivity index (χ4n) is 10.4. The van der Waals surface area contributed by atoms with Gasteiger partial charge >= 0.3 is 0 Å². The molecule has 10 atom stereocenters. The van der Waals surface area contributed by atoms with Crippen LogP contribution < -0.4 is 25.0 Å². The quantitative estimate of drug-likeness (QED) is 0.103. The minimum absolute atomic E-state index is 0.0159. The van der Waals surface area contributed by atoms with E-state index >= 15 is 0 Å². The predicted molar refractivity (Wildman–Crippen MR) is 243 cm³/mol. The minimum Gasteiger partial charge on any atom is -0.496 e. The molecule has 1 saturated heterocycles. The molecular formula is C47H68N6O9S. The zero-order valence-electron chi connectivity index (χ0n) is 38.1. The molecule has 4 aliphatic rings. The Kier molecular flexibility index (Phi) is 15.3. The van der Waals surface area contributed by atoms with E-state index in [0.717, 1.165) is 12.7 Å². The topological polar surface area (TPSA) is 193 Å². The number of carbonyl (C=O) groups excluding carboxylic acids is 2. The number of carbonyl (C=O) groups is 2. The summed E-state index contributed by atoms with van der Waals surface area (Å²) in [6.07, 6.45) is 1.36. The Hall–Kier alpha value is -4.13. The molecule has 346 valence electrons. The number of sulfonamides is 1. The van der Waals surface area contributed by atoms with Crippen LogP contribution in [-0.4, -0.2) is 137 Å². The summed E-state index contributed by atoms with van der Waals surface area (Å²) in [5.41, 5.74) is 3.78. The van der Waals surface area contributed by atoms with Gasteiger partial charge in [0, 0.05) is 54.5 Å². The lowest BCUT2D eigenvalue weighted by Crippen LogP contribution is -2.62. The molecule has 2 amide bonds. The van der Waals surface area contributed by atoms with Crippen molar-refractivity contribution in [1.82, 2.24) is 25.3 Å². The van der Waals surface area contributed by atoms with Gasteiger partial charge in [-0.05, 0) is 86.4 Å². The number of methoxy groups -OCH3 is 1. The first-order valence-corrected chi connectivity index (χ1v) is 23.8. The van der Waals surface area contributed by atoms with Gasteiger partial charge in [-0.3, -0.25) is 14.4 Å². The van der Waals surface area contributed by atoms with E-state index in [1.807, 2.05) is 85.5 Å². The zero-order valence-corrected chi connectivity index (χ0v) is 38.9. The number of aliphatic hydroxyl groups is 3. The number of hydroxylamine groups is 2. The summed E-state index contributed by atoms with van der Waals surface area (Å²) in [4.78, 5) is 38.9. The first-order valence-electron chi connectivity index (χ1n) is 21.9. The maximum Gasteiger partial charge on any atom is 0.251 e. The van der Waals surface area contributed by atoms with E-state index in [-0.39, 0.29) is 48.5 Å². The maximum atomic E-state index is 14.5. The Morgan fingerprint density at radius 1 is 1.03 bits per heavy atom. The molecule has 15 nitrogen and oxygen atoms in total. The molecule has 1 aliphatic heterocycles. The highest BCUT2D eigenvalue weighted by molar-refractivity contribution is 7.88. The van der Waals surface area contributed by atoms with Gasteiger partial charge in [0.1, 0.15) is 17.9 Å². The normalized spacial score (nSPS) is 25.8. The molecular weight excluding hydrogens is 825 g/mol. The number of hydrogen-bond donors (Lipinski definition) is 6. The van der Waals surface area contributed by atoms with Gasteiger partial charge in [0.15, 0.2) is 0 Å². The van der Waals surface area contributed by atoms with Gasteiger partial charge in [-0.15, -0.1) is 0 Å². The molecule has 6 N–H and O–H groups in total. The van der Waals surface area contributed by atoms with Gasteiger partial charge in [-0.25, -0.2) is 13.1 Å².